The highest BCUT2D eigenvalue weighted by Gasteiger charge is 2.31. The number of aromatic nitrogens is 3. The van der Waals surface area contributed by atoms with Crippen molar-refractivity contribution in [1.29, 1.82) is 0 Å². The van der Waals surface area contributed by atoms with E-state index in [1.54, 1.807) is 7.11 Å². The van der Waals surface area contributed by atoms with E-state index >= 15 is 0 Å². The van der Waals surface area contributed by atoms with Gasteiger partial charge in [-0.1, -0.05) is 6.07 Å². The normalized spacial score (nSPS) is 19.0. The summed E-state index contributed by atoms with van der Waals surface area (Å²) in [6, 6.07) is 7.30. The summed E-state index contributed by atoms with van der Waals surface area (Å²) in [6.07, 6.45) is 2.13. The molecule has 0 spiro atoms. The second-order valence-corrected chi connectivity index (χ2v) is 7.89. The maximum atomic E-state index is 11.6. The van der Waals surface area contributed by atoms with Crippen LogP contribution in [0.25, 0.3) is 0 Å². The third-order valence-corrected chi connectivity index (χ3v) is 5.74. The molecule has 0 radical (unpaired) electrons. The maximum Gasteiger partial charge on any atom is 0.249 e. The van der Waals surface area contributed by atoms with E-state index in [1.807, 2.05) is 36.2 Å². The Morgan fingerprint density at radius 2 is 2.21 bits per heavy atom. The Kier molecular flexibility index (Phi) is 4.52. The average molecular weight is 349 g/mol. The smallest absolute Gasteiger partial charge is 0.249 e. The first-order chi connectivity index (χ1) is 11.5. The topological polar surface area (TPSA) is 97.3 Å². The van der Waals surface area contributed by atoms with Crippen molar-refractivity contribution in [3.05, 3.63) is 30.5 Å². The van der Waals surface area contributed by atoms with Crippen LogP contribution in [0.1, 0.15) is 6.42 Å². The monoisotopic (exact) mass is 349 g/mol. The lowest BCUT2D eigenvalue weighted by atomic mass is 10.2. The third-order valence-electron chi connectivity index (χ3n) is 3.99. The van der Waals surface area contributed by atoms with Crippen molar-refractivity contribution in [1.82, 2.24) is 15.2 Å². The van der Waals surface area contributed by atoms with Crippen LogP contribution >= 0.6 is 0 Å². The van der Waals surface area contributed by atoms with Crippen molar-refractivity contribution in [3.8, 4) is 5.75 Å². The lowest BCUT2D eigenvalue weighted by molar-refractivity contribution is 0.415. The molecule has 24 heavy (non-hydrogen) atoms. The summed E-state index contributed by atoms with van der Waals surface area (Å²) < 4.78 is 28.5. The van der Waals surface area contributed by atoms with E-state index in [4.69, 9.17) is 4.74 Å². The summed E-state index contributed by atoms with van der Waals surface area (Å²) in [7, 11) is 0.474. The standard InChI is InChI=1S/C15H19N5O3S/c1-20(12-6-7-24(21,22)10-12)14-9-16-19-15(18-14)17-11-4-3-5-13(8-11)23-2/h3-5,8-9,12H,6-7,10H2,1-2H3,(H,17,18,19). The minimum Gasteiger partial charge on any atom is -0.497 e. The number of nitrogens with zero attached hydrogens (tertiary/aromatic N) is 4. The Morgan fingerprint density at radius 3 is 2.92 bits per heavy atom. The number of ether oxygens (including phenoxy) is 1. The minimum atomic E-state index is -2.95. The van der Waals surface area contributed by atoms with Crippen LogP contribution in [-0.2, 0) is 9.84 Å². The molecule has 1 fully saturated rings. The quantitative estimate of drug-likeness (QED) is 0.861. The zero-order valence-corrected chi connectivity index (χ0v) is 14.3. The summed E-state index contributed by atoms with van der Waals surface area (Å²) in [5.74, 6) is 2.00. The molecule has 1 atom stereocenters. The van der Waals surface area contributed by atoms with Crippen LogP contribution in [0.4, 0.5) is 17.5 Å². The Balaban J connectivity index is 1.76. The number of nitrogens with one attached hydrogen (secondary N) is 1. The van der Waals surface area contributed by atoms with Crippen molar-refractivity contribution in [2.45, 2.75) is 12.5 Å². The Hall–Kier alpha value is -2.42. The van der Waals surface area contributed by atoms with Gasteiger partial charge >= 0.3 is 0 Å². The van der Waals surface area contributed by atoms with Crippen molar-refractivity contribution in [2.75, 3.05) is 35.9 Å². The zero-order chi connectivity index (χ0) is 17.2. The first-order valence-corrected chi connectivity index (χ1v) is 9.33. The fourth-order valence-corrected chi connectivity index (χ4v) is 4.39. The molecule has 8 nitrogen and oxygen atoms in total. The molecule has 1 aliphatic heterocycles. The fraction of sp³-hybridized carbons (Fsp3) is 0.400. The highest BCUT2D eigenvalue weighted by atomic mass is 32.2. The number of sulfone groups is 1. The van der Waals surface area contributed by atoms with Crippen LogP contribution in [-0.4, -0.2) is 55.3 Å². The van der Waals surface area contributed by atoms with Gasteiger partial charge < -0.3 is 15.0 Å². The van der Waals surface area contributed by atoms with Crippen LogP contribution in [0.3, 0.4) is 0 Å². The van der Waals surface area contributed by atoms with Gasteiger partial charge in [0.25, 0.3) is 0 Å². The predicted octanol–water partition coefficient (Wildman–Crippen LogP) is 1.25. The molecule has 1 saturated heterocycles. The summed E-state index contributed by atoms with van der Waals surface area (Å²) in [4.78, 5) is 6.26. The van der Waals surface area contributed by atoms with E-state index in [1.165, 1.54) is 6.20 Å². The Labute approximate surface area is 140 Å². The molecule has 0 amide bonds. The van der Waals surface area contributed by atoms with E-state index < -0.39 is 9.84 Å². The van der Waals surface area contributed by atoms with E-state index in [9.17, 15) is 8.42 Å². The molecule has 3 rings (SSSR count). The van der Waals surface area contributed by atoms with Gasteiger partial charge in [0.2, 0.25) is 5.95 Å². The van der Waals surface area contributed by atoms with Crippen LogP contribution in [0, 0.1) is 0 Å². The SMILES string of the molecule is COc1cccc(Nc2nncc(N(C)C3CCS(=O)(=O)C3)n2)c1. The lowest BCUT2D eigenvalue weighted by Gasteiger charge is -2.24. The molecular weight excluding hydrogens is 330 g/mol. The minimum absolute atomic E-state index is 0.0867. The molecule has 1 unspecified atom stereocenters. The molecule has 1 aliphatic rings. The molecule has 128 valence electrons. The van der Waals surface area contributed by atoms with Gasteiger partial charge in [0.05, 0.1) is 24.8 Å². The molecule has 1 aromatic carbocycles. The molecule has 9 heteroatoms. The van der Waals surface area contributed by atoms with Gasteiger partial charge in [0.15, 0.2) is 15.7 Å². The predicted molar refractivity (Wildman–Crippen MR) is 91.6 cm³/mol. The Morgan fingerprint density at radius 1 is 1.38 bits per heavy atom. The van der Waals surface area contributed by atoms with E-state index in [0.29, 0.717) is 18.2 Å². The molecule has 1 aromatic heterocycles. The molecule has 0 saturated carbocycles. The number of anilines is 3. The molecule has 0 aliphatic carbocycles. The van der Waals surface area contributed by atoms with E-state index in [-0.39, 0.29) is 17.5 Å². The molecule has 2 aromatic rings. The lowest BCUT2D eigenvalue weighted by Crippen LogP contribution is -2.33. The first kappa shape index (κ1) is 16.4. The summed E-state index contributed by atoms with van der Waals surface area (Å²) in [6.45, 7) is 0. The van der Waals surface area contributed by atoms with Gasteiger partial charge in [0.1, 0.15) is 5.75 Å². The number of methoxy groups -OCH3 is 1. The Bertz CT molecular complexity index is 827. The molecular formula is C15H19N5O3S. The molecule has 1 N–H and O–H groups in total. The van der Waals surface area contributed by atoms with Crippen molar-refractivity contribution >= 4 is 27.3 Å². The summed E-state index contributed by atoms with van der Waals surface area (Å²) in [5, 5.41) is 11.0. The van der Waals surface area contributed by atoms with Crippen molar-refractivity contribution < 1.29 is 13.2 Å². The first-order valence-electron chi connectivity index (χ1n) is 7.51. The second kappa shape index (κ2) is 6.60. The van der Waals surface area contributed by atoms with E-state index in [2.05, 4.69) is 20.5 Å². The number of rotatable bonds is 5. The van der Waals surface area contributed by atoms with Gasteiger partial charge in [-0.2, -0.15) is 10.1 Å². The molecule has 2 heterocycles. The van der Waals surface area contributed by atoms with Gasteiger partial charge in [-0.05, 0) is 18.6 Å². The zero-order valence-electron chi connectivity index (χ0n) is 13.5. The average Bonchev–Trinajstić information content (AvgIpc) is 2.94. The highest BCUT2D eigenvalue weighted by Crippen LogP contribution is 2.23. The summed E-state index contributed by atoms with van der Waals surface area (Å²) >= 11 is 0. The third kappa shape index (κ3) is 3.73. The van der Waals surface area contributed by atoms with Gasteiger partial charge in [0, 0.05) is 24.8 Å². The number of hydrogen-bond donors (Lipinski definition) is 1. The van der Waals surface area contributed by atoms with Gasteiger partial charge in [-0.3, -0.25) is 0 Å². The number of benzene rings is 1. The van der Waals surface area contributed by atoms with Crippen LogP contribution in [0.15, 0.2) is 30.5 Å². The van der Waals surface area contributed by atoms with E-state index in [0.717, 1.165) is 11.4 Å². The number of hydrogen-bond acceptors (Lipinski definition) is 8. The van der Waals surface area contributed by atoms with Crippen LogP contribution < -0.4 is 15.0 Å². The van der Waals surface area contributed by atoms with Gasteiger partial charge in [-0.25, -0.2) is 8.42 Å². The highest BCUT2D eigenvalue weighted by molar-refractivity contribution is 7.91. The molecule has 0 bridgehead atoms. The maximum absolute atomic E-state index is 11.6. The second-order valence-electron chi connectivity index (χ2n) is 5.66. The van der Waals surface area contributed by atoms with Crippen molar-refractivity contribution in [3.63, 3.8) is 0 Å². The largest absolute Gasteiger partial charge is 0.497 e. The fourth-order valence-electron chi connectivity index (χ4n) is 2.62. The van der Waals surface area contributed by atoms with Gasteiger partial charge in [-0.15, -0.1) is 5.10 Å². The summed E-state index contributed by atoms with van der Waals surface area (Å²) in [5.41, 5.74) is 0.777. The van der Waals surface area contributed by atoms with Crippen LogP contribution in [0.2, 0.25) is 0 Å². The van der Waals surface area contributed by atoms with Crippen molar-refractivity contribution in [2.24, 2.45) is 0 Å². The van der Waals surface area contributed by atoms with Crippen LogP contribution in [0.5, 0.6) is 5.75 Å².